The number of carbonyl (C=O) groups excluding carboxylic acids is 2. The zero-order chi connectivity index (χ0) is 27.5. The number of piperidine rings is 1. The van der Waals surface area contributed by atoms with Crippen molar-refractivity contribution in [1.29, 1.82) is 5.26 Å². The van der Waals surface area contributed by atoms with Crippen molar-refractivity contribution in [2.75, 3.05) is 26.2 Å². The van der Waals surface area contributed by atoms with Gasteiger partial charge in [-0.25, -0.2) is 17.5 Å². The smallest absolute Gasteiger partial charge is 0.282 e. The summed E-state index contributed by atoms with van der Waals surface area (Å²) < 4.78 is 43.4. The first-order valence-corrected chi connectivity index (χ1v) is 13.2. The summed E-state index contributed by atoms with van der Waals surface area (Å²) in [6.07, 6.45) is 2.38. The van der Waals surface area contributed by atoms with Crippen molar-refractivity contribution in [2.24, 2.45) is 0 Å². The molecule has 6 nitrogen and oxygen atoms in total. The summed E-state index contributed by atoms with van der Waals surface area (Å²) in [4.78, 5) is 26.3. The Morgan fingerprint density at radius 3 is 2.61 bits per heavy atom. The molecule has 11 heteroatoms. The van der Waals surface area contributed by atoms with E-state index in [1.165, 1.54) is 18.0 Å². The van der Waals surface area contributed by atoms with Crippen LogP contribution in [0.1, 0.15) is 25.3 Å². The number of alkyl halides is 3. The van der Waals surface area contributed by atoms with Crippen LogP contribution < -0.4 is 5.32 Å². The second kappa shape index (κ2) is 11.4. The first-order chi connectivity index (χ1) is 18.0. The molecular weight excluding hydrogens is 537 g/mol. The molecule has 2 aromatic carbocycles. The normalized spacial score (nSPS) is 23.1. The maximum atomic E-state index is 15.6. The monoisotopic (exact) mass is 562 g/mol. The Morgan fingerprint density at radius 1 is 1.21 bits per heavy atom. The Bertz CT molecular complexity index is 1290. The lowest BCUT2D eigenvalue weighted by molar-refractivity contribution is -0.160. The molecule has 2 aromatic rings. The molecule has 0 radical (unpaired) electrons. The van der Waals surface area contributed by atoms with E-state index in [4.69, 9.17) is 11.6 Å². The van der Waals surface area contributed by atoms with Gasteiger partial charge in [-0.1, -0.05) is 35.9 Å². The van der Waals surface area contributed by atoms with Gasteiger partial charge in [0.1, 0.15) is 0 Å². The minimum atomic E-state index is -2.85. The van der Waals surface area contributed by atoms with Crippen LogP contribution in [0.3, 0.4) is 0 Å². The molecule has 2 amide bonds. The van der Waals surface area contributed by atoms with Gasteiger partial charge in [0.2, 0.25) is 5.91 Å². The van der Waals surface area contributed by atoms with E-state index in [-0.39, 0.29) is 25.4 Å². The molecule has 2 heterocycles. The van der Waals surface area contributed by atoms with E-state index in [0.29, 0.717) is 17.1 Å². The van der Waals surface area contributed by atoms with Gasteiger partial charge in [0.25, 0.3) is 11.8 Å². The van der Waals surface area contributed by atoms with Crippen LogP contribution in [0.2, 0.25) is 5.02 Å². The summed E-state index contributed by atoms with van der Waals surface area (Å²) in [7, 11) is 0. The lowest BCUT2D eigenvalue weighted by Crippen LogP contribution is -2.58. The van der Waals surface area contributed by atoms with Crippen LogP contribution in [0.25, 0.3) is 11.1 Å². The second-order valence-corrected chi connectivity index (χ2v) is 11.0. The van der Waals surface area contributed by atoms with Crippen molar-refractivity contribution in [1.82, 2.24) is 14.5 Å². The molecule has 2 aliphatic rings. The molecule has 4 rings (SSSR count). The van der Waals surface area contributed by atoms with Gasteiger partial charge < -0.3 is 10.2 Å². The van der Waals surface area contributed by atoms with E-state index < -0.39 is 36.5 Å². The quantitative estimate of drug-likeness (QED) is 0.369. The summed E-state index contributed by atoms with van der Waals surface area (Å²) in [5.74, 6) is -4.19. The summed E-state index contributed by atoms with van der Waals surface area (Å²) in [6, 6.07) is 14.5. The van der Waals surface area contributed by atoms with Crippen LogP contribution in [-0.4, -0.2) is 64.8 Å². The van der Waals surface area contributed by atoms with Crippen LogP contribution in [0.5, 0.6) is 0 Å². The zero-order valence-corrected chi connectivity index (χ0v) is 22.2. The van der Waals surface area contributed by atoms with E-state index in [1.54, 1.807) is 18.2 Å². The fourth-order valence-corrected chi connectivity index (χ4v) is 5.78. The topological polar surface area (TPSA) is 76.4 Å². The molecule has 2 aliphatic heterocycles. The van der Waals surface area contributed by atoms with Gasteiger partial charge >= 0.3 is 0 Å². The van der Waals surface area contributed by atoms with E-state index in [0.717, 1.165) is 27.0 Å². The average molecular weight is 563 g/mol. The lowest BCUT2D eigenvalue weighted by Gasteiger charge is -2.39. The van der Waals surface area contributed by atoms with Crippen molar-refractivity contribution in [3.8, 4) is 17.2 Å². The third kappa shape index (κ3) is 6.34. The predicted molar refractivity (Wildman–Crippen MR) is 140 cm³/mol. The number of amides is 2. The Balaban J connectivity index is 1.35. The standard InChI is InChI=1S/C27H26ClF3N4O2S/c1-18-14-26(29,25(37)33-11-4-7-24(36)34-16-27(30,31)17-34)10-12-35(18)38-23-9-8-19(15-32)13-21(23)20-5-2-3-6-22(20)28/h2-9,13,18H,10-12,14,16-17H2,1H3,(H,33,37)/b7-4-/t18-,26+/m1/s1. The van der Waals surface area contributed by atoms with E-state index >= 15 is 4.39 Å². The number of nitriles is 1. The molecule has 0 aliphatic carbocycles. The molecule has 0 unspecified atom stereocenters. The highest BCUT2D eigenvalue weighted by Gasteiger charge is 2.46. The van der Waals surface area contributed by atoms with Gasteiger partial charge in [0.15, 0.2) is 5.67 Å². The fraction of sp³-hybridized carbons (Fsp3) is 0.370. The average Bonchev–Trinajstić information content (AvgIpc) is 2.87. The first kappa shape index (κ1) is 28.0. The van der Waals surface area contributed by atoms with Crippen LogP contribution in [0.4, 0.5) is 13.2 Å². The van der Waals surface area contributed by atoms with E-state index in [2.05, 4.69) is 11.4 Å². The van der Waals surface area contributed by atoms with Gasteiger partial charge in [-0.3, -0.25) is 9.59 Å². The Hall–Kier alpha value is -3.00. The van der Waals surface area contributed by atoms with Gasteiger partial charge in [-0.05, 0) is 48.7 Å². The van der Waals surface area contributed by atoms with Crippen LogP contribution in [0.15, 0.2) is 59.5 Å². The summed E-state index contributed by atoms with van der Waals surface area (Å²) >= 11 is 7.85. The van der Waals surface area contributed by atoms with Crippen LogP contribution in [0, 0.1) is 11.3 Å². The second-order valence-electron chi connectivity index (χ2n) is 9.47. The van der Waals surface area contributed by atoms with Crippen LogP contribution in [-0.2, 0) is 9.59 Å². The number of hydrogen-bond donors (Lipinski definition) is 1. The van der Waals surface area contributed by atoms with E-state index in [9.17, 15) is 23.6 Å². The molecule has 0 aromatic heterocycles. The third-order valence-corrected chi connectivity index (χ3v) is 8.19. The summed E-state index contributed by atoms with van der Waals surface area (Å²) in [5.41, 5.74) is -0.00434. The zero-order valence-electron chi connectivity index (χ0n) is 20.6. The number of carbonyl (C=O) groups is 2. The first-order valence-electron chi connectivity index (χ1n) is 12.1. The SMILES string of the molecule is C[C@@H]1C[C@](F)(C(=O)NC/C=C\C(=O)N2CC(F)(F)C2)CCN1Sc1ccc(C#N)cc1-c1ccccc1Cl. The molecule has 2 atom stereocenters. The lowest BCUT2D eigenvalue weighted by atomic mass is 9.89. The number of nitrogens with one attached hydrogen (secondary N) is 1. The molecule has 0 spiro atoms. The predicted octanol–water partition coefficient (Wildman–Crippen LogP) is 5.23. The molecule has 0 bridgehead atoms. The van der Waals surface area contributed by atoms with Gasteiger partial charge in [-0.2, -0.15) is 5.26 Å². The van der Waals surface area contributed by atoms with Gasteiger partial charge in [0, 0.05) is 53.5 Å². The molecule has 1 N–H and O–H groups in total. The van der Waals surface area contributed by atoms with Crippen molar-refractivity contribution in [3.05, 3.63) is 65.2 Å². The minimum Gasteiger partial charge on any atom is -0.350 e. The maximum absolute atomic E-state index is 15.6. The third-order valence-electron chi connectivity index (χ3n) is 6.53. The van der Waals surface area contributed by atoms with Crippen molar-refractivity contribution in [3.63, 3.8) is 0 Å². The van der Waals surface area contributed by atoms with E-state index in [1.807, 2.05) is 35.5 Å². The highest BCUT2D eigenvalue weighted by molar-refractivity contribution is 7.97. The van der Waals surface area contributed by atoms with Crippen LogP contribution >= 0.6 is 23.5 Å². The molecule has 2 saturated heterocycles. The Labute approximate surface area is 228 Å². The Kier molecular flexibility index (Phi) is 8.40. The summed E-state index contributed by atoms with van der Waals surface area (Å²) in [6.45, 7) is 0.818. The molecular formula is C27H26ClF3N4O2S. The van der Waals surface area contributed by atoms with Gasteiger partial charge in [0.05, 0.1) is 24.7 Å². The number of hydrogen-bond acceptors (Lipinski definition) is 5. The van der Waals surface area contributed by atoms with Crippen molar-refractivity contribution < 1.29 is 22.8 Å². The highest BCUT2D eigenvalue weighted by atomic mass is 35.5. The van der Waals surface area contributed by atoms with Crippen molar-refractivity contribution >= 4 is 35.4 Å². The molecule has 200 valence electrons. The number of benzene rings is 2. The molecule has 38 heavy (non-hydrogen) atoms. The number of nitrogens with zero attached hydrogens (tertiary/aromatic N) is 3. The minimum absolute atomic E-state index is 0.0284. The highest BCUT2D eigenvalue weighted by Crippen LogP contribution is 2.41. The fourth-order valence-electron chi connectivity index (χ4n) is 4.46. The van der Waals surface area contributed by atoms with Gasteiger partial charge in [-0.15, -0.1) is 0 Å². The molecule has 0 saturated carbocycles. The Morgan fingerprint density at radius 2 is 1.95 bits per heavy atom. The molecule has 2 fully saturated rings. The summed E-state index contributed by atoms with van der Waals surface area (Å²) in [5, 5.41) is 12.4. The number of rotatable bonds is 7. The largest absolute Gasteiger partial charge is 0.350 e. The number of likely N-dealkylation sites (tertiary alicyclic amines) is 1. The number of halogens is 4. The van der Waals surface area contributed by atoms with Crippen molar-refractivity contribution in [2.45, 2.75) is 42.3 Å². The maximum Gasteiger partial charge on any atom is 0.282 e.